The molecule has 0 saturated heterocycles. The van der Waals surface area contributed by atoms with Crippen molar-refractivity contribution >= 4 is 23.5 Å². The maximum absolute atomic E-state index is 11.8. The molecule has 1 aromatic carbocycles. The minimum absolute atomic E-state index is 0.0384. The fourth-order valence-corrected chi connectivity index (χ4v) is 1.49. The molecule has 1 atom stereocenters. The van der Waals surface area contributed by atoms with Gasteiger partial charge in [-0.3, -0.25) is 9.59 Å². The molecule has 0 aliphatic rings. The van der Waals surface area contributed by atoms with E-state index in [1.54, 1.807) is 18.2 Å². The Kier molecular flexibility index (Phi) is 5.67. The summed E-state index contributed by atoms with van der Waals surface area (Å²) in [5, 5.41) is 22.6. The first-order valence-corrected chi connectivity index (χ1v) is 5.97. The number of carboxylic acids is 1. The van der Waals surface area contributed by atoms with Gasteiger partial charge in [0.15, 0.2) is 6.10 Å². The number of aliphatic carboxylic acids is 1. The lowest BCUT2D eigenvalue weighted by Gasteiger charge is -2.08. The first-order valence-electron chi connectivity index (χ1n) is 5.97. The van der Waals surface area contributed by atoms with E-state index < -0.39 is 18.0 Å². The van der Waals surface area contributed by atoms with E-state index in [0.29, 0.717) is 11.3 Å². The molecule has 0 unspecified atom stereocenters. The lowest BCUT2D eigenvalue weighted by molar-refractivity contribution is -0.146. The van der Waals surface area contributed by atoms with Crippen LogP contribution in [-0.4, -0.2) is 40.6 Å². The molecule has 0 radical (unpaired) electrons. The zero-order chi connectivity index (χ0) is 15.1. The van der Waals surface area contributed by atoms with Crippen LogP contribution in [0.15, 0.2) is 24.3 Å². The molecule has 0 fully saturated rings. The number of anilines is 1. The van der Waals surface area contributed by atoms with Crippen LogP contribution in [0.3, 0.4) is 0 Å². The van der Waals surface area contributed by atoms with Crippen LogP contribution in [0.1, 0.15) is 23.7 Å². The SMILES string of the molecule is CC(=O)Nc1cccc(C(=O)NCC[C@H](O)C(=O)O)c1. The van der Waals surface area contributed by atoms with Gasteiger partial charge in [0.05, 0.1) is 0 Å². The zero-order valence-corrected chi connectivity index (χ0v) is 10.9. The first kappa shape index (κ1) is 15.6. The van der Waals surface area contributed by atoms with Crippen LogP contribution < -0.4 is 10.6 Å². The van der Waals surface area contributed by atoms with Gasteiger partial charge in [0.25, 0.3) is 5.91 Å². The molecule has 0 saturated carbocycles. The average molecular weight is 280 g/mol. The third kappa shape index (κ3) is 5.07. The van der Waals surface area contributed by atoms with Crippen LogP contribution in [0.25, 0.3) is 0 Å². The number of benzene rings is 1. The molecule has 0 aromatic heterocycles. The number of carbonyl (C=O) groups is 3. The standard InChI is InChI=1S/C13H16N2O5/c1-8(16)15-10-4-2-3-9(7-10)12(18)14-6-5-11(17)13(19)20/h2-4,7,11,17H,5-6H2,1H3,(H,14,18)(H,15,16)(H,19,20)/t11-/m0/s1. The lowest BCUT2D eigenvalue weighted by Crippen LogP contribution is -2.30. The van der Waals surface area contributed by atoms with Crippen molar-refractivity contribution in [2.45, 2.75) is 19.4 Å². The van der Waals surface area contributed by atoms with Crippen molar-refractivity contribution in [2.24, 2.45) is 0 Å². The minimum atomic E-state index is -1.50. The Hall–Kier alpha value is -2.41. The van der Waals surface area contributed by atoms with Gasteiger partial charge in [0.2, 0.25) is 5.91 Å². The molecule has 7 heteroatoms. The number of aliphatic hydroxyl groups is 1. The predicted octanol–water partition coefficient (Wildman–Crippen LogP) is 0.210. The zero-order valence-electron chi connectivity index (χ0n) is 10.9. The van der Waals surface area contributed by atoms with Gasteiger partial charge in [0, 0.05) is 31.1 Å². The minimum Gasteiger partial charge on any atom is -0.479 e. The molecule has 0 spiro atoms. The molecular weight excluding hydrogens is 264 g/mol. The Morgan fingerprint density at radius 1 is 1.30 bits per heavy atom. The Morgan fingerprint density at radius 2 is 2.00 bits per heavy atom. The van der Waals surface area contributed by atoms with Gasteiger partial charge in [-0.25, -0.2) is 4.79 Å². The van der Waals surface area contributed by atoms with Crippen LogP contribution in [0, 0.1) is 0 Å². The molecular formula is C13H16N2O5. The van der Waals surface area contributed by atoms with E-state index in [1.165, 1.54) is 13.0 Å². The molecule has 0 aliphatic heterocycles. The van der Waals surface area contributed by atoms with Gasteiger partial charge in [-0.2, -0.15) is 0 Å². The Balaban J connectivity index is 2.55. The Bertz CT molecular complexity index is 515. The third-order valence-corrected chi connectivity index (χ3v) is 2.43. The fraction of sp³-hybridized carbons (Fsp3) is 0.308. The van der Waals surface area contributed by atoms with Crippen molar-refractivity contribution in [1.29, 1.82) is 0 Å². The van der Waals surface area contributed by atoms with E-state index in [-0.39, 0.29) is 18.9 Å². The van der Waals surface area contributed by atoms with E-state index in [2.05, 4.69) is 10.6 Å². The summed E-state index contributed by atoms with van der Waals surface area (Å²) in [6, 6.07) is 6.33. The number of hydrogen-bond acceptors (Lipinski definition) is 4. The Labute approximate surface area is 115 Å². The highest BCUT2D eigenvalue weighted by molar-refractivity contribution is 5.96. The molecule has 7 nitrogen and oxygen atoms in total. The number of rotatable bonds is 6. The van der Waals surface area contributed by atoms with Crippen molar-refractivity contribution in [3.63, 3.8) is 0 Å². The van der Waals surface area contributed by atoms with E-state index >= 15 is 0 Å². The summed E-state index contributed by atoms with van der Waals surface area (Å²) in [6.07, 6.45) is -1.58. The second kappa shape index (κ2) is 7.25. The van der Waals surface area contributed by atoms with E-state index in [1.807, 2.05) is 0 Å². The summed E-state index contributed by atoms with van der Waals surface area (Å²) in [7, 11) is 0. The van der Waals surface area contributed by atoms with Crippen molar-refractivity contribution < 1.29 is 24.6 Å². The topological polar surface area (TPSA) is 116 Å². The summed E-state index contributed by atoms with van der Waals surface area (Å²) < 4.78 is 0. The van der Waals surface area contributed by atoms with E-state index in [0.717, 1.165) is 0 Å². The predicted molar refractivity (Wildman–Crippen MR) is 71.3 cm³/mol. The van der Waals surface area contributed by atoms with Crippen LogP contribution >= 0.6 is 0 Å². The smallest absolute Gasteiger partial charge is 0.332 e. The molecule has 2 amide bonds. The van der Waals surface area contributed by atoms with Gasteiger partial charge >= 0.3 is 5.97 Å². The van der Waals surface area contributed by atoms with Crippen molar-refractivity contribution in [3.8, 4) is 0 Å². The molecule has 20 heavy (non-hydrogen) atoms. The molecule has 0 bridgehead atoms. The summed E-state index contributed by atoms with van der Waals surface area (Å²) in [4.78, 5) is 33.1. The van der Waals surface area contributed by atoms with Gasteiger partial charge in [-0.05, 0) is 18.2 Å². The third-order valence-electron chi connectivity index (χ3n) is 2.43. The summed E-state index contributed by atoms with van der Waals surface area (Å²) in [5.41, 5.74) is 0.830. The first-order chi connectivity index (χ1) is 9.40. The fourth-order valence-electron chi connectivity index (χ4n) is 1.49. The Morgan fingerprint density at radius 3 is 2.60 bits per heavy atom. The summed E-state index contributed by atoms with van der Waals surface area (Å²) >= 11 is 0. The number of carbonyl (C=O) groups excluding carboxylic acids is 2. The van der Waals surface area contributed by atoms with E-state index in [4.69, 9.17) is 10.2 Å². The summed E-state index contributed by atoms with van der Waals surface area (Å²) in [6.45, 7) is 1.40. The number of carboxylic acid groups (broad SMARTS) is 1. The highest BCUT2D eigenvalue weighted by atomic mass is 16.4. The van der Waals surface area contributed by atoms with Gasteiger partial charge in [-0.15, -0.1) is 0 Å². The monoisotopic (exact) mass is 280 g/mol. The van der Waals surface area contributed by atoms with Gasteiger partial charge in [0.1, 0.15) is 0 Å². The maximum atomic E-state index is 11.8. The van der Waals surface area contributed by atoms with Crippen LogP contribution in [0.4, 0.5) is 5.69 Å². The van der Waals surface area contributed by atoms with Crippen molar-refractivity contribution in [1.82, 2.24) is 5.32 Å². The van der Waals surface area contributed by atoms with Crippen molar-refractivity contribution in [2.75, 3.05) is 11.9 Å². The van der Waals surface area contributed by atoms with E-state index in [9.17, 15) is 14.4 Å². The lowest BCUT2D eigenvalue weighted by atomic mass is 10.2. The highest BCUT2D eigenvalue weighted by Crippen LogP contribution is 2.10. The highest BCUT2D eigenvalue weighted by Gasteiger charge is 2.13. The molecule has 1 aromatic rings. The molecule has 0 aliphatic carbocycles. The molecule has 4 N–H and O–H groups in total. The molecule has 1 rings (SSSR count). The van der Waals surface area contributed by atoms with Crippen LogP contribution in [0.5, 0.6) is 0 Å². The number of amides is 2. The maximum Gasteiger partial charge on any atom is 0.332 e. The number of hydrogen-bond donors (Lipinski definition) is 4. The van der Waals surface area contributed by atoms with Crippen LogP contribution in [-0.2, 0) is 9.59 Å². The van der Waals surface area contributed by atoms with Crippen LogP contribution in [0.2, 0.25) is 0 Å². The van der Waals surface area contributed by atoms with Gasteiger partial charge < -0.3 is 20.8 Å². The number of aliphatic hydroxyl groups excluding tert-OH is 1. The molecule has 0 heterocycles. The second-order valence-corrected chi connectivity index (χ2v) is 4.16. The second-order valence-electron chi connectivity index (χ2n) is 4.16. The number of nitrogens with one attached hydrogen (secondary N) is 2. The van der Waals surface area contributed by atoms with Crippen molar-refractivity contribution in [3.05, 3.63) is 29.8 Å². The largest absolute Gasteiger partial charge is 0.479 e. The average Bonchev–Trinajstić information content (AvgIpc) is 2.37. The quantitative estimate of drug-likeness (QED) is 0.594. The van der Waals surface area contributed by atoms with Gasteiger partial charge in [-0.1, -0.05) is 6.07 Å². The molecule has 108 valence electrons. The normalized spacial score (nSPS) is 11.5. The summed E-state index contributed by atoms with van der Waals surface area (Å²) in [5.74, 6) is -1.98.